The summed E-state index contributed by atoms with van der Waals surface area (Å²) in [6, 6.07) is -0.00211. The molecule has 1 rings (SSSR count). The van der Waals surface area contributed by atoms with E-state index in [2.05, 4.69) is 26.8 Å². The molecule has 1 heterocycles. The van der Waals surface area contributed by atoms with Crippen molar-refractivity contribution in [2.24, 2.45) is 0 Å². The summed E-state index contributed by atoms with van der Waals surface area (Å²) in [7, 11) is 0. The SMILES string of the molecule is CCCCCC/C=C(\C)C(CCCCCCCCCCCC)N1C(=O)CCC1=O. The molecule has 0 saturated carbocycles. The van der Waals surface area contributed by atoms with E-state index in [0.717, 1.165) is 19.3 Å². The van der Waals surface area contributed by atoms with Crippen LogP contribution < -0.4 is 0 Å². The van der Waals surface area contributed by atoms with Gasteiger partial charge in [0.05, 0.1) is 6.04 Å². The van der Waals surface area contributed by atoms with Gasteiger partial charge in [-0.15, -0.1) is 0 Å². The van der Waals surface area contributed by atoms with Crippen LogP contribution in [0.1, 0.15) is 136 Å². The van der Waals surface area contributed by atoms with E-state index in [0.29, 0.717) is 12.8 Å². The number of likely N-dealkylation sites (tertiary alicyclic amines) is 1. The second kappa shape index (κ2) is 16.7. The Hall–Kier alpha value is -1.12. The molecular formula is C26H47NO2. The molecule has 0 spiro atoms. The summed E-state index contributed by atoms with van der Waals surface area (Å²) in [4.78, 5) is 26.2. The highest BCUT2D eigenvalue weighted by Gasteiger charge is 2.35. The number of carbonyl (C=O) groups excluding carboxylic acids is 2. The van der Waals surface area contributed by atoms with Crippen LogP contribution in [0.25, 0.3) is 0 Å². The van der Waals surface area contributed by atoms with Gasteiger partial charge in [0.25, 0.3) is 0 Å². The van der Waals surface area contributed by atoms with Gasteiger partial charge < -0.3 is 0 Å². The fourth-order valence-electron chi connectivity index (χ4n) is 4.36. The van der Waals surface area contributed by atoms with E-state index >= 15 is 0 Å². The number of amides is 2. The zero-order valence-corrected chi connectivity index (χ0v) is 19.6. The molecule has 1 aliphatic heterocycles. The highest BCUT2D eigenvalue weighted by Crippen LogP contribution is 2.25. The van der Waals surface area contributed by atoms with Gasteiger partial charge in [-0.05, 0) is 26.2 Å². The molecule has 1 unspecified atom stereocenters. The molecule has 0 radical (unpaired) electrons. The quantitative estimate of drug-likeness (QED) is 0.133. The Bertz CT molecular complexity index is 467. The van der Waals surface area contributed by atoms with Crippen molar-refractivity contribution < 1.29 is 9.59 Å². The van der Waals surface area contributed by atoms with Crippen LogP contribution in [0.5, 0.6) is 0 Å². The molecule has 1 aliphatic rings. The van der Waals surface area contributed by atoms with E-state index in [-0.39, 0.29) is 17.9 Å². The number of carbonyl (C=O) groups is 2. The molecule has 1 saturated heterocycles. The molecule has 0 bridgehead atoms. The van der Waals surface area contributed by atoms with Gasteiger partial charge in [0.2, 0.25) is 11.8 Å². The average molecular weight is 406 g/mol. The average Bonchev–Trinajstić information content (AvgIpc) is 3.04. The molecule has 0 N–H and O–H groups in total. The molecule has 0 aromatic carbocycles. The van der Waals surface area contributed by atoms with E-state index in [4.69, 9.17) is 0 Å². The minimum Gasteiger partial charge on any atom is -0.275 e. The Morgan fingerprint density at radius 3 is 1.72 bits per heavy atom. The molecule has 29 heavy (non-hydrogen) atoms. The van der Waals surface area contributed by atoms with Crippen molar-refractivity contribution in [1.29, 1.82) is 0 Å². The van der Waals surface area contributed by atoms with E-state index in [1.807, 2.05) is 0 Å². The number of unbranched alkanes of at least 4 members (excludes halogenated alkanes) is 13. The molecule has 3 nitrogen and oxygen atoms in total. The fourth-order valence-corrected chi connectivity index (χ4v) is 4.36. The molecule has 2 amide bonds. The van der Waals surface area contributed by atoms with Crippen LogP contribution in [0, 0.1) is 0 Å². The van der Waals surface area contributed by atoms with E-state index < -0.39 is 0 Å². The highest BCUT2D eigenvalue weighted by atomic mass is 16.2. The maximum atomic E-state index is 12.3. The lowest BCUT2D eigenvalue weighted by atomic mass is 9.97. The van der Waals surface area contributed by atoms with Gasteiger partial charge >= 0.3 is 0 Å². The summed E-state index contributed by atoms with van der Waals surface area (Å²) in [5.41, 5.74) is 1.22. The lowest BCUT2D eigenvalue weighted by Gasteiger charge is -2.27. The minimum absolute atomic E-state index is 0.00211. The standard InChI is InChI=1S/C26H47NO2/c1-4-6-8-10-11-12-13-14-16-18-20-24(27-25(28)21-22-26(27)29)23(3)19-17-15-9-7-5-2/h19,24H,4-18,20-22H2,1-3H3/b23-19+. The van der Waals surface area contributed by atoms with Crippen LogP contribution >= 0.6 is 0 Å². The summed E-state index contributed by atoms with van der Waals surface area (Å²) in [6.45, 7) is 6.62. The predicted molar refractivity (Wildman–Crippen MR) is 124 cm³/mol. The number of imide groups is 1. The van der Waals surface area contributed by atoms with Crippen LogP contribution in [-0.4, -0.2) is 22.8 Å². The van der Waals surface area contributed by atoms with Crippen LogP contribution in [0.15, 0.2) is 11.6 Å². The van der Waals surface area contributed by atoms with Crippen molar-refractivity contribution in [1.82, 2.24) is 4.90 Å². The minimum atomic E-state index is -0.00211. The van der Waals surface area contributed by atoms with Crippen molar-refractivity contribution in [3.05, 3.63) is 11.6 Å². The fraction of sp³-hybridized carbons (Fsp3) is 0.846. The third-order valence-electron chi connectivity index (χ3n) is 6.28. The van der Waals surface area contributed by atoms with Crippen LogP contribution in [-0.2, 0) is 9.59 Å². The lowest BCUT2D eigenvalue weighted by Crippen LogP contribution is -2.40. The van der Waals surface area contributed by atoms with Crippen LogP contribution in [0.4, 0.5) is 0 Å². The summed E-state index contributed by atoms with van der Waals surface area (Å²) in [6.07, 6.45) is 23.2. The number of hydrogen-bond donors (Lipinski definition) is 0. The molecule has 0 aromatic rings. The van der Waals surface area contributed by atoms with Crippen LogP contribution in [0.2, 0.25) is 0 Å². The van der Waals surface area contributed by atoms with Crippen molar-refractivity contribution >= 4 is 11.8 Å². The van der Waals surface area contributed by atoms with Crippen molar-refractivity contribution in [2.45, 2.75) is 142 Å². The Kier molecular flexibility index (Phi) is 14.9. The highest BCUT2D eigenvalue weighted by molar-refractivity contribution is 6.02. The number of rotatable bonds is 18. The Morgan fingerprint density at radius 2 is 1.21 bits per heavy atom. The molecular weight excluding hydrogens is 358 g/mol. The van der Waals surface area contributed by atoms with E-state index in [1.54, 1.807) is 4.90 Å². The molecule has 168 valence electrons. The van der Waals surface area contributed by atoms with E-state index in [9.17, 15) is 9.59 Å². The van der Waals surface area contributed by atoms with Gasteiger partial charge in [-0.2, -0.15) is 0 Å². The Morgan fingerprint density at radius 1 is 0.759 bits per heavy atom. The zero-order valence-electron chi connectivity index (χ0n) is 19.6. The second-order valence-electron chi connectivity index (χ2n) is 8.94. The monoisotopic (exact) mass is 405 g/mol. The second-order valence-corrected chi connectivity index (χ2v) is 8.94. The third-order valence-corrected chi connectivity index (χ3v) is 6.28. The maximum absolute atomic E-state index is 12.3. The van der Waals surface area contributed by atoms with Gasteiger partial charge in [-0.3, -0.25) is 14.5 Å². The normalized spacial score (nSPS) is 16.1. The van der Waals surface area contributed by atoms with Crippen LogP contribution in [0.3, 0.4) is 0 Å². The maximum Gasteiger partial charge on any atom is 0.230 e. The molecule has 1 atom stereocenters. The van der Waals surface area contributed by atoms with Crippen molar-refractivity contribution in [3.63, 3.8) is 0 Å². The van der Waals surface area contributed by atoms with E-state index in [1.165, 1.54) is 89.0 Å². The topological polar surface area (TPSA) is 37.4 Å². The predicted octanol–water partition coefficient (Wildman–Crippen LogP) is 7.73. The first kappa shape index (κ1) is 25.9. The summed E-state index contributed by atoms with van der Waals surface area (Å²) in [5.74, 6) is 0.0663. The van der Waals surface area contributed by atoms with Gasteiger partial charge in [-0.1, -0.05) is 109 Å². The summed E-state index contributed by atoms with van der Waals surface area (Å²) in [5, 5.41) is 0. The van der Waals surface area contributed by atoms with Gasteiger partial charge in [-0.25, -0.2) is 0 Å². The summed E-state index contributed by atoms with van der Waals surface area (Å²) < 4.78 is 0. The summed E-state index contributed by atoms with van der Waals surface area (Å²) >= 11 is 0. The third kappa shape index (κ3) is 11.0. The van der Waals surface area contributed by atoms with Crippen molar-refractivity contribution in [2.75, 3.05) is 0 Å². The first-order valence-corrected chi connectivity index (χ1v) is 12.6. The zero-order chi connectivity index (χ0) is 21.3. The Labute approximate surface area is 180 Å². The number of nitrogens with zero attached hydrogens (tertiary/aromatic N) is 1. The van der Waals surface area contributed by atoms with Gasteiger partial charge in [0.15, 0.2) is 0 Å². The smallest absolute Gasteiger partial charge is 0.230 e. The molecule has 3 heteroatoms. The van der Waals surface area contributed by atoms with Gasteiger partial charge in [0, 0.05) is 12.8 Å². The number of allylic oxidation sites excluding steroid dienone is 1. The lowest BCUT2D eigenvalue weighted by molar-refractivity contribution is -0.140. The Balaban J connectivity index is 2.38. The first-order chi connectivity index (χ1) is 14.1. The first-order valence-electron chi connectivity index (χ1n) is 12.6. The molecule has 0 aliphatic carbocycles. The molecule has 0 aromatic heterocycles. The molecule has 1 fully saturated rings. The largest absolute Gasteiger partial charge is 0.275 e. The number of hydrogen-bond acceptors (Lipinski definition) is 2. The van der Waals surface area contributed by atoms with Gasteiger partial charge in [0.1, 0.15) is 0 Å². The van der Waals surface area contributed by atoms with Crippen molar-refractivity contribution in [3.8, 4) is 0 Å².